The van der Waals surface area contributed by atoms with Crippen LogP contribution in [0.15, 0.2) is 0 Å². The minimum absolute atomic E-state index is 0.107. The highest BCUT2D eigenvalue weighted by molar-refractivity contribution is 7.47. The van der Waals surface area contributed by atoms with E-state index < -0.39 is 97.5 Å². The van der Waals surface area contributed by atoms with E-state index in [1.807, 2.05) is 0 Å². The first-order valence-electron chi connectivity index (χ1n) is 37.0. The van der Waals surface area contributed by atoms with Crippen molar-refractivity contribution >= 4 is 39.5 Å². The molecule has 0 aromatic carbocycles. The number of carbonyl (C=O) groups is 4. The maximum atomic E-state index is 13.0. The number of carbonyl (C=O) groups excluding carboxylic acids is 4. The maximum Gasteiger partial charge on any atom is 0.472 e. The lowest BCUT2D eigenvalue weighted by Crippen LogP contribution is -2.30. The zero-order valence-corrected chi connectivity index (χ0v) is 60.2. The van der Waals surface area contributed by atoms with Gasteiger partial charge in [-0.15, -0.1) is 0 Å². The molecule has 0 aliphatic carbocycles. The summed E-state index contributed by atoms with van der Waals surface area (Å²) in [5.41, 5.74) is 0. The summed E-state index contributed by atoms with van der Waals surface area (Å²) >= 11 is 0. The molecular weight excluding hydrogens is 1190 g/mol. The number of hydrogen-bond donors (Lipinski definition) is 3. The van der Waals surface area contributed by atoms with Crippen molar-refractivity contribution < 1.29 is 80.2 Å². The summed E-state index contributed by atoms with van der Waals surface area (Å²) in [6.45, 7) is 9.56. The maximum absolute atomic E-state index is 13.0. The Kier molecular flexibility index (Phi) is 61.8. The third kappa shape index (κ3) is 64.8. The van der Waals surface area contributed by atoms with Crippen LogP contribution in [0.1, 0.15) is 363 Å². The van der Waals surface area contributed by atoms with Crippen LogP contribution in [0, 0.1) is 11.8 Å². The van der Waals surface area contributed by atoms with Crippen molar-refractivity contribution in [2.24, 2.45) is 11.8 Å². The molecule has 5 atom stereocenters. The lowest BCUT2D eigenvalue weighted by atomic mass is 10.0. The van der Waals surface area contributed by atoms with Crippen LogP contribution in [0.3, 0.4) is 0 Å². The molecule has 0 saturated carbocycles. The molecule has 17 nitrogen and oxygen atoms in total. The van der Waals surface area contributed by atoms with Crippen molar-refractivity contribution in [3.05, 3.63) is 0 Å². The highest BCUT2D eigenvalue weighted by atomic mass is 31.2. The summed E-state index contributed by atoms with van der Waals surface area (Å²) in [6, 6.07) is 0. The number of phosphoric ester groups is 2. The second kappa shape index (κ2) is 63.1. The summed E-state index contributed by atoms with van der Waals surface area (Å²) in [4.78, 5) is 72.6. The van der Waals surface area contributed by atoms with Crippen molar-refractivity contribution in [2.45, 2.75) is 381 Å². The van der Waals surface area contributed by atoms with Gasteiger partial charge < -0.3 is 33.8 Å². The largest absolute Gasteiger partial charge is 0.472 e. The van der Waals surface area contributed by atoms with Gasteiger partial charge in [-0.05, 0) is 37.5 Å². The Morgan fingerprint density at radius 3 is 0.756 bits per heavy atom. The predicted molar refractivity (Wildman–Crippen MR) is 363 cm³/mol. The summed E-state index contributed by atoms with van der Waals surface area (Å²) in [6.07, 6.45) is 48.4. The Bertz CT molecular complexity index is 1750. The number of unbranched alkanes of at least 4 members (excludes halogenated alkanes) is 40. The van der Waals surface area contributed by atoms with Gasteiger partial charge in [0.2, 0.25) is 0 Å². The number of ether oxygens (including phenoxy) is 4. The first-order chi connectivity index (χ1) is 43.4. The van der Waals surface area contributed by atoms with Crippen molar-refractivity contribution in [3.8, 4) is 0 Å². The molecule has 0 aromatic heterocycles. The smallest absolute Gasteiger partial charge is 0.462 e. The molecule has 0 saturated heterocycles. The number of rotatable bonds is 70. The van der Waals surface area contributed by atoms with Crippen LogP contribution < -0.4 is 0 Å². The molecule has 19 heteroatoms. The molecule has 0 fully saturated rings. The van der Waals surface area contributed by atoms with E-state index >= 15 is 0 Å². The fraction of sp³-hybridized carbons (Fsp3) is 0.944. The van der Waals surface area contributed by atoms with Gasteiger partial charge in [-0.25, -0.2) is 9.13 Å². The normalized spacial score (nSPS) is 14.1. The van der Waals surface area contributed by atoms with Crippen LogP contribution in [0.2, 0.25) is 0 Å². The van der Waals surface area contributed by atoms with Crippen molar-refractivity contribution in [3.63, 3.8) is 0 Å². The van der Waals surface area contributed by atoms with E-state index in [0.717, 1.165) is 102 Å². The van der Waals surface area contributed by atoms with Gasteiger partial charge in [0.25, 0.3) is 0 Å². The number of aliphatic hydroxyl groups excluding tert-OH is 1. The average molecular weight is 1330 g/mol. The van der Waals surface area contributed by atoms with Gasteiger partial charge in [0.05, 0.1) is 26.4 Å². The summed E-state index contributed by atoms with van der Waals surface area (Å²) in [5, 5.41) is 10.6. The minimum Gasteiger partial charge on any atom is -0.462 e. The number of phosphoric acid groups is 2. The van der Waals surface area contributed by atoms with Crippen LogP contribution in [0.4, 0.5) is 0 Å². The zero-order chi connectivity index (χ0) is 66.5. The standard InChI is InChI=1S/C71H138O17P2/c1-7-9-11-13-15-17-21-29-35-41-47-53-68(73)81-59-66(87-70(75)55-49-43-37-31-22-18-16-14-12-10-8-2)61-85-89(77,78)83-57-65(72)58-84-90(79,80)86-62-67(60-82-69(74)54-48-42-36-30-26-25-28-34-40-46-52-64(5)6)88-71(76)56-50-44-38-32-24-20-19-23-27-33-39-45-51-63(3)4/h63-67,72H,7-62H2,1-6H3,(H,77,78)(H,79,80)/t65-,66+,67+/m0/s1. The van der Waals surface area contributed by atoms with Gasteiger partial charge in [0.1, 0.15) is 19.3 Å². The van der Waals surface area contributed by atoms with Crippen LogP contribution in [0.5, 0.6) is 0 Å². The quantitative estimate of drug-likeness (QED) is 0.0222. The Morgan fingerprint density at radius 1 is 0.300 bits per heavy atom. The zero-order valence-electron chi connectivity index (χ0n) is 58.4. The third-order valence-electron chi connectivity index (χ3n) is 16.5. The molecule has 0 amide bonds. The molecule has 90 heavy (non-hydrogen) atoms. The lowest BCUT2D eigenvalue weighted by Gasteiger charge is -2.21. The Morgan fingerprint density at radius 2 is 0.511 bits per heavy atom. The van der Waals surface area contributed by atoms with Gasteiger partial charge in [-0.1, -0.05) is 311 Å². The van der Waals surface area contributed by atoms with Gasteiger partial charge in [0, 0.05) is 25.7 Å². The monoisotopic (exact) mass is 1320 g/mol. The molecule has 0 heterocycles. The van der Waals surface area contributed by atoms with Crippen molar-refractivity contribution in [1.82, 2.24) is 0 Å². The Hall–Kier alpha value is -1.94. The number of esters is 4. The third-order valence-corrected chi connectivity index (χ3v) is 18.4. The Labute approximate surface area is 549 Å². The first-order valence-corrected chi connectivity index (χ1v) is 40.0. The van der Waals surface area contributed by atoms with Crippen molar-refractivity contribution in [2.75, 3.05) is 39.6 Å². The van der Waals surface area contributed by atoms with Crippen molar-refractivity contribution in [1.29, 1.82) is 0 Å². The van der Waals surface area contributed by atoms with E-state index in [4.69, 9.17) is 37.0 Å². The average Bonchev–Trinajstić information content (AvgIpc) is 3.10. The van der Waals surface area contributed by atoms with Gasteiger partial charge in [-0.3, -0.25) is 37.3 Å². The highest BCUT2D eigenvalue weighted by Gasteiger charge is 2.30. The molecule has 0 rings (SSSR count). The molecule has 0 spiro atoms. The fourth-order valence-electron chi connectivity index (χ4n) is 10.8. The minimum atomic E-state index is -4.95. The molecule has 0 bridgehead atoms. The molecule has 3 N–H and O–H groups in total. The van der Waals surface area contributed by atoms with Crippen LogP contribution >= 0.6 is 15.6 Å². The van der Waals surface area contributed by atoms with E-state index in [0.29, 0.717) is 25.7 Å². The summed E-state index contributed by atoms with van der Waals surface area (Å²) < 4.78 is 68.3. The molecular formula is C71H138O17P2. The van der Waals surface area contributed by atoms with Crippen LogP contribution in [-0.4, -0.2) is 96.7 Å². The molecule has 0 aliphatic heterocycles. The lowest BCUT2D eigenvalue weighted by molar-refractivity contribution is -0.161. The van der Waals surface area contributed by atoms with Gasteiger partial charge in [-0.2, -0.15) is 0 Å². The van der Waals surface area contributed by atoms with E-state index in [1.165, 1.54) is 180 Å². The highest BCUT2D eigenvalue weighted by Crippen LogP contribution is 2.45. The molecule has 0 aliphatic rings. The van der Waals surface area contributed by atoms with Crippen LogP contribution in [-0.2, 0) is 65.4 Å². The van der Waals surface area contributed by atoms with E-state index in [2.05, 4.69) is 41.5 Å². The fourth-order valence-corrected chi connectivity index (χ4v) is 12.3. The Balaban J connectivity index is 5.25. The summed E-state index contributed by atoms with van der Waals surface area (Å²) in [7, 11) is -9.90. The number of aliphatic hydroxyl groups is 1. The second-order valence-electron chi connectivity index (χ2n) is 26.6. The van der Waals surface area contributed by atoms with Crippen LogP contribution in [0.25, 0.3) is 0 Å². The molecule has 534 valence electrons. The van der Waals surface area contributed by atoms with E-state index in [1.54, 1.807) is 0 Å². The first kappa shape index (κ1) is 88.1. The van der Waals surface area contributed by atoms with Gasteiger partial charge in [0.15, 0.2) is 12.2 Å². The predicted octanol–water partition coefficient (Wildman–Crippen LogP) is 20.4. The molecule has 2 unspecified atom stereocenters. The summed E-state index contributed by atoms with van der Waals surface area (Å²) in [5.74, 6) is -0.586. The molecule has 0 radical (unpaired) electrons. The SMILES string of the molecule is CCCCCCCCCCCCCC(=O)OC[C@H](COP(=O)(O)OC[C@H](O)COP(=O)(O)OC[C@@H](COC(=O)CCCCCCCCCCCCC(C)C)OC(=O)CCCCCCCCCCCCCCC(C)C)OC(=O)CCCCCCCCCCCCC. The molecule has 0 aromatic rings. The topological polar surface area (TPSA) is 237 Å². The second-order valence-corrected chi connectivity index (χ2v) is 29.5. The number of hydrogen-bond acceptors (Lipinski definition) is 15. The van der Waals surface area contributed by atoms with E-state index in [-0.39, 0.29) is 25.7 Å². The van der Waals surface area contributed by atoms with Gasteiger partial charge >= 0.3 is 39.5 Å². The van der Waals surface area contributed by atoms with E-state index in [9.17, 15) is 43.2 Å².